The molecular formula is C22H24Cl5N3O6. The average molecular weight is 604 g/mol. The molecule has 36 heavy (non-hydrogen) atoms. The predicted octanol–water partition coefficient (Wildman–Crippen LogP) is 3.58. The van der Waals surface area contributed by atoms with Crippen LogP contribution in [0.2, 0.25) is 0 Å². The smallest absolute Gasteiger partial charge is 0.330 e. The van der Waals surface area contributed by atoms with E-state index in [0.29, 0.717) is 17.0 Å². The van der Waals surface area contributed by atoms with E-state index >= 15 is 0 Å². The maximum Gasteiger partial charge on any atom is 0.330 e. The predicted molar refractivity (Wildman–Crippen MR) is 137 cm³/mol. The number of aryl methyl sites for hydroxylation is 1. The van der Waals surface area contributed by atoms with E-state index in [1.165, 1.54) is 0 Å². The van der Waals surface area contributed by atoms with Crippen LogP contribution in [0.5, 0.6) is 0 Å². The van der Waals surface area contributed by atoms with Crippen LogP contribution in [0.25, 0.3) is 0 Å². The Hall–Kier alpha value is -1.75. The van der Waals surface area contributed by atoms with Gasteiger partial charge >= 0.3 is 5.97 Å². The van der Waals surface area contributed by atoms with Crippen LogP contribution < -0.4 is 5.32 Å². The molecule has 0 saturated carbocycles. The Labute approximate surface area is 233 Å². The first-order valence-corrected chi connectivity index (χ1v) is 12.7. The number of carboxylic acid groups (broad SMARTS) is 1. The molecule has 1 fully saturated rings. The number of nitrogens with one attached hydrogen (secondary N) is 1. The molecule has 0 aromatic heterocycles. The molecule has 4 atom stereocenters. The van der Waals surface area contributed by atoms with Crippen molar-refractivity contribution < 1.29 is 29.1 Å². The maximum absolute atomic E-state index is 13.4. The number of halogens is 5. The Morgan fingerprint density at radius 3 is 2.53 bits per heavy atom. The first kappa shape index (κ1) is 30.5. The molecule has 0 aliphatic carbocycles. The molecule has 1 aromatic carbocycles. The molecule has 0 spiro atoms. The van der Waals surface area contributed by atoms with E-state index in [4.69, 9.17) is 62.8 Å². The molecule has 1 heterocycles. The van der Waals surface area contributed by atoms with Crippen LogP contribution in [0.4, 0.5) is 0 Å². The van der Waals surface area contributed by atoms with Gasteiger partial charge in [0.2, 0.25) is 10.2 Å². The maximum atomic E-state index is 13.4. The number of β-lactam (4-membered cyclic amide) rings is 1. The number of hydrogen-bond acceptors (Lipinski definition) is 5. The highest BCUT2D eigenvalue weighted by molar-refractivity contribution is 6.67. The molecular weight excluding hydrogens is 580 g/mol. The number of carbonyl (C=O) groups excluding carboxylic acids is 3. The number of carboxylic acids is 1. The van der Waals surface area contributed by atoms with Crippen molar-refractivity contribution in [2.45, 2.75) is 47.2 Å². The lowest BCUT2D eigenvalue weighted by Gasteiger charge is -2.47. The number of alkyl halides is 5. The van der Waals surface area contributed by atoms with Crippen molar-refractivity contribution in [1.82, 2.24) is 15.3 Å². The summed E-state index contributed by atoms with van der Waals surface area (Å²) < 4.78 is -1.88. The summed E-state index contributed by atoms with van der Waals surface area (Å²) in [5.41, 5.74) is 0.0840. The fourth-order valence-corrected chi connectivity index (χ4v) is 4.28. The van der Waals surface area contributed by atoms with E-state index in [2.05, 4.69) is 11.9 Å². The zero-order valence-electron chi connectivity index (χ0n) is 19.0. The van der Waals surface area contributed by atoms with Gasteiger partial charge in [0.25, 0.3) is 11.8 Å². The van der Waals surface area contributed by atoms with Gasteiger partial charge < -0.3 is 15.3 Å². The third-order valence-electron chi connectivity index (χ3n) is 5.22. The summed E-state index contributed by atoms with van der Waals surface area (Å²) in [7, 11) is 0. The van der Waals surface area contributed by atoms with Crippen LogP contribution in [0, 0.1) is 0 Å². The Morgan fingerprint density at radius 2 is 2.03 bits per heavy atom. The van der Waals surface area contributed by atoms with Gasteiger partial charge in [-0.3, -0.25) is 19.2 Å². The molecule has 0 radical (unpaired) electrons. The van der Waals surface area contributed by atoms with Crippen molar-refractivity contribution in [1.29, 1.82) is 0 Å². The summed E-state index contributed by atoms with van der Waals surface area (Å²) in [4.78, 5) is 55.8. The molecule has 2 rings (SSSR count). The van der Waals surface area contributed by atoms with Crippen LogP contribution in [0.15, 0.2) is 36.4 Å². The van der Waals surface area contributed by atoms with Crippen molar-refractivity contribution in [3.63, 3.8) is 0 Å². The first-order valence-electron chi connectivity index (χ1n) is 10.6. The Balaban J connectivity index is 2.33. The number of hydrogen-bond donors (Lipinski definition) is 2. The quantitative estimate of drug-likeness (QED) is 0.0890. The van der Waals surface area contributed by atoms with Crippen molar-refractivity contribution >= 4 is 82.2 Å². The number of likely N-dealkylation sites (tertiary alicyclic amines) is 1. The van der Waals surface area contributed by atoms with Gasteiger partial charge in [0.1, 0.15) is 18.1 Å². The van der Waals surface area contributed by atoms with Crippen molar-refractivity contribution in [3.05, 3.63) is 47.5 Å². The molecule has 1 aromatic rings. The molecule has 2 N–H and O–H groups in total. The number of carbonyl (C=O) groups is 4. The minimum Gasteiger partial charge on any atom is -0.479 e. The molecule has 0 bridgehead atoms. The second-order valence-electron chi connectivity index (χ2n) is 7.89. The highest BCUT2D eigenvalue weighted by atomic mass is 35.6. The summed E-state index contributed by atoms with van der Waals surface area (Å²) in [5.74, 6) is -3.18. The minimum absolute atomic E-state index is 0.0470. The van der Waals surface area contributed by atoms with Gasteiger partial charge in [0.05, 0.1) is 0 Å². The number of rotatable bonds is 13. The van der Waals surface area contributed by atoms with Gasteiger partial charge in [-0.05, 0) is 23.1 Å². The summed E-state index contributed by atoms with van der Waals surface area (Å²) >= 11 is 29.2. The van der Waals surface area contributed by atoms with E-state index in [1.807, 2.05) is 13.0 Å². The van der Waals surface area contributed by atoms with Gasteiger partial charge in [-0.1, -0.05) is 90.6 Å². The fourth-order valence-electron chi connectivity index (χ4n) is 3.61. The normalized spacial score (nSPS) is 19.2. The number of nitrogens with zero attached hydrogens (tertiary/aromatic N) is 2. The molecule has 198 valence electrons. The third-order valence-corrected chi connectivity index (χ3v) is 6.35. The van der Waals surface area contributed by atoms with E-state index < -0.39 is 51.8 Å². The minimum atomic E-state index is -1.88. The van der Waals surface area contributed by atoms with Crippen molar-refractivity contribution in [3.8, 4) is 0 Å². The van der Waals surface area contributed by atoms with Crippen LogP contribution in [-0.2, 0) is 30.4 Å². The van der Waals surface area contributed by atoms with E-state index in [1.54, 1.807) is 18.2 Å². The summed E-state index contributed by atoms with van der Waals surface area (Å²) in [6, 6.07) is 2.72. The lowest BCUT2D eigenvalue weighted by atomic mass is 9.97. The van der Waals surface area contributed by atoms with E-state index in [9.17, 15) is 24.3 Å². The van der Waals surface area contributed by atoms with E-state index in [0.717, 1.165) is 16.9 Å². The monoisotopic (exact) mass is 601 g/mol. The van der Waals surface area contributed by atoms with Crippen LogP contribution in [-0.4, -0.2) is 73.1 Å². The Kier molecular flexibility index (Phi) is 11.1. The Bertz CT molecular complexity index is 1000. The van der Waals surface area contributed by atoms with Crippen molar-refractivity contribution in [2.75, 3.05) is 12.5 Å². The fraction of sp³-hybridized carbons (Fsp3) is 0.455. The van der Waals surface area contributed by atoms with Crippen LogP contribution >= 0.6 is 58.0 Å². The number of amides is 3. The molecule has 1 aliphatic rings. The van der Waals surface area contributed by atoms with Crippen LogP contribution in [0.1, 0.15) is 30.5 Å². The number of hydroxylamine groups is 2. The lowest BCUT2D eigenvalue weighted by molar-refractivity contribution is -0.191. The molecule has 1 saturated heterocycles. The topological polar surface area (TPSA) is 116 Å². The third kappa shape index (κ3) is 7.40. The summed E-state index contributed by atoms with van der Waals surface area (Å²) in [6.07, 6.45) is 1.78. The highest BCUT2D eigenvalue weighted by Gasteiger charge is 2.53. The first-order chi connectivity index (χ1) is 16.9. The van der Waals surface area contributed by atoms with Crippen LogP contribution in [0.3, 0.4) is 0 Å². The summed E-state index contributed by atoms with van der Waals surface area (Å²) in [6.45, 7) is 5.00. The lowest BCUT2D eigenvalue weighted by Crippen LogP contribution is -2.72. The summed E-state index contributed by atoms with van der Waals surface area (Å²) in [5, 5.41) is 12.6. The molecule has 1 aliphatic heterocycles. The van der Waals surface area contributed by atoms with E-state index in [-0.39, 0.29) is 17.9 Å². The van der Waals surface area contributed by atoms with Crippen molar-refractivity contribution in [2.24, 2.45) is 0 Å². The molecule has 4 unspecified atom stereocenters. The second-order valence-corrected chi connectivity index (χ2v) is 11.1. The zero-order valence-corrected chi connectivity index (χ0v) is 22.8. The van der Waals surface area contributed by atoms with Gasteiger partial charge in [0, 0.05) is 5.88 Å². The Morgan fingerprint density at radius 1 is 1.36 bits per heavy atom. The molecule has 3 amide bonds. The standard InChI is InChI=1S/C22H24Cl5N3O6/c1-3-5-13-6-4-7-14(8-13)17(29(11-31)36-10-22(25,26)27)19(32)28-15-18(24)30(20(15)33)16(21(34)35)12(2)9-23/h4,6-8,11,15-18H,2-3,5,9-10H2,1H3,(H,28,32)(H,34,35). The highest BCUT2D eigenvalue weighted by Crippen LogP contribution is 2.32. The van der Waals surface area contributed by atoms with Gasteiger partial charge in [-0.2, -0.15) is 0 Å². The second kappa shape index (κ2) is 13.2. The van der Waals surface area contributed by atoms with Gasteiger partial charge in [-0.15, -0.1) is 11.6 Å². The average Bonchev–Trinajstić information content (AvgIpc) is 2.82. The molecule has 14 heteroatoms. The van der Waals surface area contributed by atoms with Gasteiger partial charge in [0.15, 0.2) is 12.1 Å². The largest absolute Gasteiger partial charge is 0.479 e. The molecule has 9 nitrogen and oxygen atoms in total. The SMILES string of the molecule is C=C(CCl)C(C(=O)O)N1C(=O)C(NC(=O)C(c2cccc(CCC)c2)N(C=O)OCC(Cl)(Cl)Cl)C1Cl. The number of benzene rings is 1. The zero-order chi connectivity index (χ0) is 27.2. The van der Waals surface area contributed by atoms with Gasteiger partial charge in [-0.25, -0.2) is 9.86 Å². The number of aliphatic carboxylic acids is 1.